The number of carboxylic acids is 1. The van der Waals surface area contributed by atoms with Crippen LogP contribution < -0.4 is 0 Å². The Balaban J connectivity index is 2.27. The van der Waals surface area contributed by atoms with E-state index in [0.29, 0.717) is 18.0 Å². The fraction of sp³-hybridized carbons (Fsp3) is 0.312. The molecule has 124 valence electrons. The minimum atomic E-state index is -3.62. The van der Waals surface area contributed by atoms with E-state index >= 15 is 0 Å². The topological polar surface area (TPSA) is 74.7 Å². The monoisotopic (exact) mass is 353 g/mol. The second-order valence-corrected chi connectivity index (χ2v) is 8.48. The molecular weight excluding hydrogens is 334 g/mol. The van der Waals surface area contributed by atoms with Crippen molar-refractivity contribution < 1.29 is 18.3 Å². The number of aliphatic carboxylic acids is 1. The summed E-state index contributed by atoms with van der Waals surface area (Å²) < 4.78 is 27.1. The fourth-order valence-corrected chi connectivity index (χ4v) is 5.14. The Morgan fingerprint density at radius 3 is 2.52 bits per heavy atom. The first-order chi connectivity index (χ1) is 10.8. The molecule has 0 saturated carbocycles. The highest BCUT2D eigenvalue weighted by Crippen LogP contribution is 2.26. The van der Waals surface area contributed by atoms with Gasteiger partial charge in [0.2, 0.25) is 0 Å². The van der Waals surface area contributed by atoms with E-state index < -0.39 is 16.0 Å². The van der Waals surface area contributed by atoms with Gasteiger partial charge in [0.1, 0.15) is 4.21 Å². The van der Waals surface area contributed by atoms with Crippen LogP contribution in [0.25, 0.3) is 0 Å². The molecule has 0 aliphatic carbocycles. The van der Waals surface area contributed by atoms with E-state index in [0.717, 1.165) is 22.5 Å². The molecule has 23 heavy (non-hydrogen) atoms. The standard InChI is InChI=1S/C16H19NO4S2/c1-3-17(11-13-7-5-4-6-12(13)2)23(20,21)16-9-8-14(22-16)10-15(18)19/h4-9H,3,10-11H2,1-2H3,(H,18,19). The Morgan fingerprint density at radius 1 is 1.22 bits per heavy atom. The van der Waals surface area contributed by atoms with E-state index in [9.17, 15) is 13.2 Å². The van der Waals surface area contributed by atoms with Crippen LogP contribution in [0.3, 0.4) is 0 Å². The summed E-state index contributed by atoms with van der Waals surface area (Å²) in [5.74, 6) is -0.969. The number of benzene rings is 1. The highest BCUT2D eigenvalue weighted by Gasteiger charge is 2.25. The lowest BCUT2D eigenvalue weighted by Crippen LogP contribution is -2.30. The molecule has 7 heteroatoms. The molecule has 0 aliphatic rings. The zero-order chi connectivity index (χ0) is 17.0. The molecule has 0 atom stereocenters. The lowest BCUT2D eigenvalue weighted by atomic mass is 10.1. The molecule has 0 saturated heterocycles. The van der Waals surface area contributed by atoms with Crippen LogP contribution in [0.15, 0.2) is 40.6 Å². The van der Waals surface area contributed by atoms with E-state index in [1.54, 1.807) is 13.0 Å². The number of hydrogen-bond acceptors (Lipinski definition) is 4. The first-order valence-corrected chi connectivity index (χ1v) is 9.45. The lowest BCUT2D eigenvalue weighted by molar-refractivity contribution is -0.136. The van der Waals surface area contributed by atoms with Gasteiger partial charge >= 0.3 is 5.97 Å². The molecular formula is C16H19NO4S2. The first-order valence-electron chi connectivity index (χ1n) is 7.19. The summed E-state index contributed by atoms with van der Waals surface area (Å²) in [5, 5.41) is 8.81. The molecule has 1 aromatic heterocycles. The maximum Gasteiger partial charge on any atom is 0.308 e. The zero-order valence-corrected chi connectivity index (χ0v) is 14.7. The van der Waals surface area contributed by atoms with E-state index in [1.165, 1.54) is 10.4 Å². The third-order valence-electron chi connectivity index (χ3n) is 3.52. The summed E-state index contributed by atoms with van der Waals surface area (Å²) >= 11 is 1.02. The lowest BCUT2D eigenvalue weighted by Gasteiger charge is -2.20. The molecule has 1 N–H and O–H groups in total. The predicted molar refractivity (Wildman–Crippen MR) is 90.1 cm³/mol. The van der Waals surface area contributed by atoms with Crippen LogP contribution in [0.1, 0.15) is 22.9 Å². The average Bonchev–Trinajstić information content (AvgIpc) is 2.94. The van der Waals surface area contributed by atoms with E-state index in [-0.39, 0.29) is 10.6 Å². The number of rotatable bonds is 7. The Labute approximate surface area is 140 Å². The molecule has 0 unspecified atom stereocenters. The number of carbonyl (C=O) groups is 1. The van der Waals surface area contributed by atoms with Crippen LogP contribution in [0.2, 0.25) is 0 Å². The van der Waals surface area contributed by atoms with Crippen LogP contribution in [-0.2, 0) is 27.8 Å². The van der Waals surface area contributed by atoms with Gasteiger partial charge in [-0.05, 0) is 30.2 Å². The molecule has 2 aromatic rings. The van der Waals surface area contributed by atoms with Gasteiger partial charge in [0.25, 0.3) is 10.0 Å². The van der Waals surface area contributed by atoms with E-state index in [4.69, 9.17) is 5.11 Å². The smallest absolute Gasteiger partial charge is 0.308 e. The number of carboxylic acid groups (broad SMARTS) is 1. The van der Waals surface area contributed by atoms with Gasteiger partial charge in [0, 0.05) is 18.0 Å². The van der Waals surface area contributed by atoms with Crippen molar-refractivity contribution in [1.82, 2.24) is 4.31 Å². The van der Waals surface area contributed by atoms with Crippen molar-refractivity contribution >= 4 is 27.3 Å². The molecule has 1 heterocycles. The number of nitrogens with zero attached hydrogens (tertiary/aromatic N) is 1. The first kappa shape index (κ1) is 17.7. The van der Waals surface area contributed by atoms with Crippen molar-refractivity contribution in [3.63, 3.8) is 0 Å². The SMILES string of the molecule is CCN(Cc1ccccc1C)S(=O)(=O)c1ccc(CC(=O)O)s1. The molecule has 5 nitrogen and oxygen atoms in total. The fourth-order valence-electron chi connectivity index (χ4n) is 2.21. The predicted octanol–water partition coefficient (Wildman–Crippen LogP) is 2.89. The molecule has 0 fully saturated rings. The van der Waals surface area contributed by atoms with E-state index in [1.807, 2.05) is 31.2 Å². The second kappa shape index (κ2) is 7.25. The van der Waals surface area contributed by atoms with Crippen LogP contribution in [0, 0.1) is 6.92 Å². The summed E-state index contributed by atoms with van der Waals surface area (Å²) in [7, 11) is -3.62. The molecule has 1 aromatic carbocycles. The molecule has 0 spiro atoms. The van der Waals surface area contributed by atoms with Crippen molar-refractivity contribution in [3.05, 3.63) is 52.4 Å². The Bertz CT molecular complexity index is 796. The van der Waals surface area contributed by atoms with Crippen molar-refractivity contribution in [2.75, 3.05) is 6.54 Å². The molecule has 0 bridgehead atoms. The van der Waals surface area contributed by atoms with E-state index in [2.05, 4.69) is 0 Å². The minimum Gasteiger partial charge on any atom is -0.481 e. The highest BCUT2D eigenvalue weighted by molar-refractivity contribution is 7.91. The largest absolute Gasteiger partial charge is 0.481 e. The van der Waals surface area contributed by atoms with Gasteiger partial charge in [-0.2, -0.15) is 4.31 Å². The van der Waals surface area contributed by atoms with Crippen molar-refractivity contribution in [3.8, 4) is 0 Å². The van der Waals surface area contributed by atoms with Gasteiger partial charge in [-0.3, -0.25) is 4.79 Å². The third-order valence-corrected chi connectivity index (χ3v) is 6.99. The maximum absolute atomic E-state index is 12.8. The molecule has 0 radical (unpaired) electrons. The van der Waals surface area contributed by atoms with Gasteiger partial charge in [0.05, 0.1) is 6.42 Å². The number of sulfonamides is 1. The molecule has 0 aliphatic heterocycles. The van der Waals surface area contributed by atoms with Gasteiger partial charge in [0.15, 0.2) is 0 Å². The Kier molecular flexibility index (Phi) is 5.56. The van der Waals surface area contributed by atoms with Crippen LogP contribution in [0.5, 0.6) is 0 Å². The number of hydrogen-bond donors (Lipinski definition) is 1. The summed E-state index contributed by atoms with van der Waals surface area (Å²) in [6.07, 6.45) is -0.163. The van der Waals surface area contributed by atoms with Crippen molar-refractivity contribution in [2.45, 2.75) is 31.0 Å². The van der Waals surface area contributed by atoms with Gasteiger partial charge < -0.3 is 5.11 Å². The number of thiophene rings is 1. The molecule has 0 amide bonds. The van der Waals surface area contributed by atoms with Crippen molar-refractivity contribution in [2.24, 2.45) is 0 Å². The number of aryl methyl sites for hydroxylation is 1. The zero-order valence-electron chi connectivity index (χ0n) is 13.0. The summed E-state index contributed by atoms with van der Waals surface area (Å²) in [6.45, 7) is 4.40. The van der Waals surface area contributed by atoms with Crippen LogP contribution >= 0.6 is 11.3 Å². The normalized spacial score (nSPS) is 11.8. The van der Waals surface area contributed by atoms with Crippen LogP contribution in [0.4, 0.5) is 0 Å². The van der Waals surface area contributed by atoms with Crippen LogP contribution in [-0.4, -0.2) is 30.3 Å². The average molecular weight is 353 g/mol. The Hall–Kier alpha value is -1.70. The second-order valence-electron chi connectivity index (χ2n) is 5.15. The summed E-state index contributed by atoms with van der Waals surface area (Å²) in [4.78, 5) is 11.3. The minimum absolute atomic E-state index is 0.163. The maximum atomic E-state index is 12.8. The van der Waals surface area contributed by atoms with Gasteiger partial charge in [-0.1, -0.05) is 31.2 Å². The Morgan fingerprint density at radius 2 is 1.91 bits per heavy atom. The highest BCUT2D eigenvalue weighted by atomic mass is 32.2. The summed E-state index contributed by atoms with van der Waals surface area (Å²) in [5.41, 5.74) is 2.00. The summed E-state index contributed by atoms with van der Waals surface area (Å²) in [6, 6.07) is 10.7. The van der Waals surface area contributed by atoms with Crippen molar-refractivity contribution in [1.29, 1.82) is 0 Å². The van der Waals surface area contributed by atoms with Gasteiger partial charge in [-0.25, -0.2) is 8.42 Å². The van der Waals surface area contributed by atoms with Gasteiger partial charge in [-0.15, -0.1) is 11.3 Å². The molecule has 2 rings (SSSR count). The third kappa shape index (κ3) is 4.19. The quantitative estimate of drug-likeness (QED) is 0.830.